The van der Waals surface area contributed by atoms with Gasteiger partial charge in [-0.3, -0.25) is 0 Å². The van der Waals surface area contributed by atoms with Gasteiger partial charge in [-0.05, 0) is 26.2 Å². The van der Waals surface area contributed by atoms with Crippen molar-refractivity contribution < 1.29 is 0 Å². The van der Waals surface area contributed by atoms with E-state index < -0.39 is 0 Å². The van der Waals surface area contributed by atoms with Crippen LogP contribution >= 0.6 is 0 Å². The second kappa shape index (κ2) is 6.33. The fourth-order valence-corrected chi connectivity index (χ4v) is 2.72. The van der Waals surface area contributed by atoms with Gasteiger partial charge in [-0.1, -0.05) is 20.8 Å². The van der Waals surface area contributed by atoms with Gasteiger partial charge in [0.1, 0.15) is 11.6 Å². The van der Waals surface area contributed by atoms with Crippen molar-refractivity contribution in [2.45, 2.75) is 59.0 Å². The van der Waals surface area contributed by atoms with Crippen LogP contribution in [0.1, 0.15) is 45.1 Å². The predicted molar refractivity (Wildman–Crippen MR) is 79.7 cm³/mol. The SMILES string of the molecule is CCc1cc(N2CC(CC)NCC2CC)nc(C)n1. The van der Waals surface area contributed by atoms with E-state index in [4.69, 9.17) is 0 Å². The summed E-state index contributed by atoms with van der Waals surface area (Å²) in [5.41, 5.74) is 1.14. The summed E-state index contributed by atoms with van der Waals surface area (Å²) in [4.78, 5) is 11.6. The molecule has 0 radical (unpaired) electrons. The van der Waals surface area contributed by atoms with Crippen molar-refractivity contribution in [1.29, 1.82) is 0 Å². The van der Waals surface area contributed by atoms with E-state index in [2.05, 4.69) is 47.0 Å². The van der Waals surface area contributed by atoms with Crippen LogP contribution in [0, 0.1) is 6.92 Å². The largest absolute Gasteiger partial charge is 0.351 e. The fourth-order valence-electron chi connectivity index (χ4n) is 2.72. The Morgan fingerprint density at radius 2 is 2.05 bits per heavy atom. The summed E-state index contributed by atoms with van der Waals surface area (Å²) in [7, 11) is 0. The van der Waals surface area contributed by atoms with Gasteiger partial charge in [0, 0.05) is 36.9 Å². The minimum Gasteiger partial charge on any atom is -0.351 e. The van der Waals surface area contributed by atoms with Gasteiger partial charge in [-0.25, -0.2) is 9.97 Å². The number of hydrogen-bond acceptors (Lipinski definition) is 4. The van der Waals surface area contributed by atoms with E-state index in [0.29, 0.717) is 12.1 Å². The molecular formula is C15H26N4. The highest BCUT2D eigenvalue weighted by molar-refractivity contribution is 5.42. The molecule has 1 aromatic heterocycles. The third kappa shape index (κ3) is 3.24. The van der Waals surface area contributed by atoms with Gasteiger partial charge in [0.25, 0.3) is 0 Å². The molecule has 1 aliphatic rings. The first-order chi connectivity index (χ1) is 9.17. The van der Waals surface area contributed by atoms with Crippen molar-refractivity contribution in [3.8, 4) is 0 Å². The lowest BCUT2D eigenvalue weighted by Gasteiger charge is -2.41. The minimum absolute atomic E-state index is 0.543. The van der Waals surface area contributed by atoms with E-state index in [9.17, 15) is 0 Å². The number of anilines is 1. The smallest absolute Gasteiger partial charge is 0.132 e. The molecule has 1 saturated heterocycles. The molecule has 1 fully saturated rings. The van der Waals surface area contributed by atoms with Crippen LogP contribution in [0.25, 0.3) is 0 Å². The monoisotopic (exact) mass is 262 g/mol. The first kappa shape index (κ1) is 14.3. The number of aryl methyl sites for hydroxylation is 2. The third-order valence-corrected chi connectivity index (χ3v) is 4.00. The Labute approximate surface area is 116 Å². The quantitative estimate of drug-likeness (QED) is 0.904. The number of piperazine rings is 1. The zero-order valence-electron chi connectivity index (χ0n) is 12.6. The lowest BCUT2D eigenvalue weighted by atomic mass is 10.1. The molecule has 1 N–H and O–H groups in total. The molecule has 4 nitrogen and oxygen atoms in total. The maximum absolute atomic E-state index is 4.66. The Bertz CT molecular complexity index is 419. The second-order valence-electron chi connectivity index (χ2n) is 5.35. The molecule has 1 aromatic rings. The second-order valence-corrected chi connectivity index (χ2v) is 5.35. The Morgan fingerprint density at radius 1 is 1.26 bits per heavy atom. The Hall–Kier alpha value is -1.16. The van der Waals surface area contributed by atoms with E-state index in [1.807, 2.05) is 6.92 Å². The van der Waals surface area contributed by atoms with Crippen molar-refractivity contribution in [2.24, 2.45) is 0 Å². The average molecular weight is 262 g/mol. The first-order valence-corrected chi connectivity index (χ1v) is 7.52. The standard InChI is InChI=1S/C15H26N4/c1-5-12-8-15(18-11(4)17-12)19-10-13(6-2)16-9-14(19)7-3/h8,13-14,16H,5-7,9-10H2,1-4H3. The normalized spacial score (nSPS) is 23.7. The summed E-state index contributed by atoms with van der Waals surface area (Å²) < 4.78 is 0. The van der Waals surface area contributed by atoms with Crippen molar-refractivity contribution in [3.05, 3.63) is 17.6 Å². The average Bonchev–Trinajstić information content (AvgIpc) is 2.45. The van der Waals surface area contributed by atoms with Crippen LogP contribution in [0.5, 0.6) is 0 Å². The van der Waals surface area contributed by atoms with Crippen LogP contribution in [0.15, 0.2) is 6.07 Å². The molecular weight excluding hydrogens is 236 g/mol. The summed E-state index contributed by atoms with van der Waals surface area (Å²) in [6.07, 6.45) is 3.28. The molecule has 0 bridgehead atoms. The Balaban J connectivity index is 2.27. The van der Waals surface area contributed by atoms with Gasteiger partial charge in [0.05, 0.1) is 0 Å². The van der Waals surface area contributed by atoms with E-state index >= 15 is 0 Å². The summed E-state index contributed by atoms with van der Waals surface area (Å²) in [5, 5.41) is 3.63. The van der Waals surface area contributed by atoms with E-state index in [0.717, 1.165) is 49.7 Å². The van der Waals surface area contributed by atoms with Crippen molar-refractivity contribution in [2.75, 3.05) is 18.0 Å². The molecule has 106 valence electrons. The fraction of sp³-hybridized carbons (Fsp3) is 0.733. The van der Waals surface area contributed by atoms with Gasteiger partial charge in [-0.2, -0.15) is 0 Å². The van der Waals surface area contributed by atoms with Crippen LogP contribution in [0.2, 0.25) is 0 Å². The number of hydrogen-bond donors (Lipinski definition) is 1. The predicted octanol–water partition coefficient (Wildman–Crippen LogP) is 2.31. The molecule has 2 unspecified atom stereocenters. The maximum atomic E-state index is 4.66. The maximum Gasteiger partial charge on any atom is 0.132 e. The zero-order chi connectivity index (χ0) is 13.8. The van der Waals surface area contributed by atoms with Crippen LogP contribution < -0.4 is 10.2 Å². The van der Waals surface area contributed by atoms with Crippen molar-refractivity contribution in [1.82, 2.24) is 15.3 Å². The van der Waals surface area contributed by atoms with Crippen LogP contribution in [0.4, 0.5) is 5.82 Å². The molecule has 0 aromatic carbocycles. The lowest BCUT2D eigenvalue weighted by molar-refractivity contribution is 0.376. The molecule has 2 heterocycles. The molecule has 2 rings (SSSR count). The number of aromatic nitrogens is 2. The highest BCUT2D eigenvalue weighted by atomic mass is 15.3. The Kier molecular flexibility index (Phi) is 4.75. The number of nitrogens with zero attached hydrogens (tertiary/aromatic N) is 3. The molecule has 19 heavy (non-hydrogen) atoms. The highest BCUT2D eigenvalue weighted by Gasteiger charge is 2.27. The van der Waals surface area contributed by atoms with E-state index in [1.54, 1.807) is 0 Å². The van der Waals surface area contributed by atoms with Crippen molar-refractivity contribution in [3.63, 3.8) is 0 Å². The van der Waals surface area contributed by atoms with Crippen LogP contribution in [0.3, 0.4) is 0 Å². The highest BCUT2D eigenvalue weighted by Crippen LogP contribution is 2.21. The van der Waals surface area contributed by atoms with Crippen LogP contribution in [-0.2, 0) is 6.42 Å². The summed E-state index contributed by atoms with van der Waals surface area (Å²) in [5.74, 6) is 1.99. The van der Waals surface area contributed by atoms with Crippen LogP contribution in [-0.4, -0.2) is 35.1 Å². The topological polar surface area (TPSA) is 41.0 Å². The molecule has 4 heteroatoms. The summed E-state index contributed by atoms with van der Waals surface area (Å²) in [6, 6.07) is 3.28. The van der Waals surface area contributed by atoms with Gasteiger partial charge in [0.15, 0.2) is 0 Å². The van der Waals surface area contributed by atoms with Gasteiger partial charge >= 0.3 is 0 Å². The zero-order valence-corrected chi connectivity index (χ0v) is 12.6. The molecule has 1 aliphatic heterocycles. The summed E-state index contributed by atoms with van der Waals surface area (Å²) >= 11 is 0. The lowest BCUT2D eigenvalue weighted by Crippen LogP contribution is -2.56. The van der Waals surface area contributed by atoms with Crippen molar-refractivity contribution >= 4 is 5.82 Å². The number of nitrogens with one attached hydrogen (secondary N) is 1. The minimum atomic E-state index is 0.543. The van der Waals surface area contributed by atoms with Gasteiger partial charge in [0.2, 0.25) is 0 Å². The Morgan fingerprint density at radius 3 is 2.68 bits per heavy atom. The molecule has 0 spiro atoms. The number of rotatable bonds is 4. The molecule has 0 aliphatic carbocycles. The molecule has 0 saturated carbocycles. The molecule has 0 amide bonds. The van der Waals surface area contributed by atoms with Gasteiger partial charge < -0.3 is 10.2 Å². The first-order valence-electron chi connectivity index (χ1n) is 7.52. The molecule has 2 atom stereocenters. The third-order valence-electron chi connectivity index (χ3n) is 4.00. The summed E-state index contributed by atoms with van der Waals surface area (Å²) in [6.45, 7) is 10.7. The van der Waals surface area contributed by atoms with E-state index in [-0.39, 0.29) is 0 Å². The van der Waals surface area contributed by atoms with Gasteiger partial charge in [-0.15, -0.1) is 0 Å². The van der Waals surface area contributed by atoms with E-state index in [1.165, 1.54) is 0 Å².